The molecule has 1 unspecified atom stereocenters. The molecule has 0 heterocycles. The van der Waals surface area contributed by atoms with E-state index in [9.17, 15) is 9.59 Å². The van der Waals surface area contributed by atoms with Crippen molar-refractivity contribution in [2.75, 3.05) is 26.5 Å². The van der Waals surface area contributed by atoms with E-state index < -0.39 is 0 Å². The second-order valence-corrected chi connectivity index (χ2v) is 6.27. The lowest BCUT2D eigenvalue weighted by molar-refractivity contribution is -0.145. The summed E-state index contributed by atoms with van der Waals surface area (Å²) in [5, 5.41) is 0. The van der Waals surface area contributed by atoms with Crippen LogP contribution in [0.3, 0.4) is 0 Å². The van der Waals surface area contributed by atoms with Crippen LogP contribution in [0.5, 0.6) is 0 Å². The average Bonchev–Trinajstić information content (AvgIpc) is 2.46. The smallest absolute Gasteiger partial charge is 0.310 e. The number of aryl methyl sites for hydroxylation is 2. The number of hydrogen-bond acceptors (Lipinski definition) is 4. The monoisotopic (exact) mass is 309 g/mol. The van der Waals surface area contributed by atoms with E-state index in [1.807, 2.05) is 13.8 Å². The number of carbonyl (C=O) groups excluding carboxylic acids is 2. The Morgan fingerprint density at radius 2 is 2.00 bits per heavy atom. The molecule has 1 aromatic carbocycles. The second kappa shape index (κ2) is 8.08. The maximum atomic E-state index is 12.1. The van der Waals surface area contributed by atoms with Crippen LogP contribution >= 0.6 is 11.8 Å². The molecule has 0 fully saturated rings. The summed E-state index contributed by atoms with van der Waals surface area (Å²) in [5.74, 6) is -0.225. The van der Waals surface area contributed by atoms with Gasteiger partial charge in [0.1, 0.15) is 0 Å². The Hall–Kier alpha value is -1.49. The maximum Gasteiger partial charge on any atom is 0.310 e. The molecule has 0 saturated heterocycles. The van der Waals surface area contributed by atoms with Crippen LogP contribution in [0.25, 0.3) is 0 Å². The van der Waals surface area contributed by atoms with Crippen LogP contribution in [0.4, 0.5) is 0 Å². The van der Waals surface area contributed by atoms with Gasteiger partial charge in [0.25, 0.3) is 0 Å². The summed E-state index contributed by atoms with van der Waals surface area (Å²) < 4.78 is 4.67. The number of ether oxygens (including phenoxy) is 1. The number of hydrogen-bond donors (Lipinski definition) is 0. The number of rotatable bonds is 6. The van der Waals surface area contributed by atoms with Crippen LogP contribution in [0.2, 0.25) is 0 Å². The summed E-state index contributed by atoms with van der Waals surface area (Å²) in [5.41, 5.74) is 2.35. The number of methoxy groups -OCH3 is 1. The minimum absolute atomic E-state index is 0.0108. The Balaban J connectivity index is 2.53. The predicted octanol–water partition coefficient (Wildman–Crippen LogP) is 2.66. The number of thioether (sulfide) groups is 1. The lowest BCUT2D eigenvalue weighted by Crippen LogP contribution is -2.35. The summed E-state index contributed by atoms with van der Waals surface area (Å²) in [6.45, 7) is 6.21. The molecule has 0 radical (unpaired) electrons. The number of amides is 1. The van der Waals surface area contributed by atoms with Crippen molar-refractivity contribution >= 4 is 23.6 Å². The average molecular weight is 309 g/mol. The molecule has 1 atom stereocenters. The first-order valence-corrected chi connectivity index (χ1v) is 7.85. The molecular formula is C16H23NO3S. The number of benzene rings is 1. The van der Waals surface area contributed by atoms with Gasteiger partial charge in [0.2, 0.25) is 5.91 Å². The first-order valence-electron chi connectivity index (χ1n) is 6.87. The molecule has 0 aliphatic heterocycles. The Bertz CT molecular complexity index is 516. The van der Waals surface area contributed by atoms with Crippen molar-refractivity contribution in [1.82, 2.24) is 4.90 Å². The maximum absolute atomic E-state index is 12.1. The third kappa shape index (κ3) is 5.42. The third-order valence-corrected chi connectivity index (χ3v) is 4.41. The Morgan fingerprint density at radius 3 is 2.62 bits per heavy atom. The highest BCUT2D eigenvalue weighted by Crippen LogP contribution is 2.23. The van der Waals surface area contributed by atoms with Crippen molar-refractivity contribution in [3.8, 4) is 0 Å². The van der Waals surface area contributed by atoms with Crippen LogP contribution in [-0.4, -0.2) is 43.2 Å². The van der Waals surface area contributed by atoms with Crippen LogP contribution in [0, 0.1) is 19.8 Å². The van der Waals surface area contributed by atoms with E-state index in [4.69, 9.17) is 0 Å². The molecule has 0 bridgehead atoms. The molecule has 0 aliphatic rings. The first-order chi connectivity index (χ1) is 9.85. The predicted molar refractivity (Wildman–Crippen MR) is 85.5 cm³/mol. The van der Waals surface area contributed by atoms with Gasteiger partial charge in [0.05, 0.1) is 18.8 Å². The lowest BCUT2D eigenvalue weighted by Gasteiger charge is -2.20. The minimum atomic E-state index is -0.311. The van der Waals surface area contributed by atoms with Gasteiger partial charge in [-0.3, -0.25) is 9.59 Å². The topological polar surface area (TPSA) is 46.6 Å². The summed E-state index contributed by atoms with van der Waals surface area (Å²) in [6, 6.07) is 6.21. The SMILES string of the molecule is COC(=O)C(C)CN(C)C(=O)CSc1cc(C)ccc1C. The highest BCUT2D eigenvalue weighted by atomic mass is 32.2. The van der Waals surface area contributed by atoms with E-state index in [1.165, 1.54) is 30.0 Å². The highest BCUT2D eigenvalue weighted by Gasteiger charge is 2.18. The molecule has 0 saturated carbocycles. The van der Waals surface area contributed by atoms with Gasteiger partial charge in [-0.1, -0.05) is 24.6 Å². The van der Waals surface area contributed by atoms with Crippen molar-refractivity contribution in [1.29, 1.82) is 0 Å². The molecule has 116 valence electrons. The van der Waals surface area contributed by atoms with Crippen molar-refractivity contribution in [3.05, 3.63) is 29.3 Å². The lowest BCUT2D eigenvalue weighted by atomic mass is 10.2. The van der Waals surface area contributed by atoms with Gasteiger partial charge in [-0.2, -0.15) is 0 Å². The van der Waals surface area contributed by atoms with E-state index in [-0.39, 0.29) is 17.8 Å². The van der Waals surface area contributed by atoms with Gasteiger partial charge in [-0.15, -0.1) is 11.8 Å². The third-order valence-electron chi connectivity index (χ3n) is 3.27. The van der Waals surface area contributed by atoms with Gasteiger partial charge < -0.3 is 9.64 Å². The van der Waals surface area contributed by atoms with Crippen molar-refractivity contribution in [2.45, 2.75) is 25.7 Å². The zero-order valence-corrected chi connectivity index (χ0v) is 14.1. The van der Waals surface area contributed by atoms with Crippen molar-refractivity contribution < 1.29 is 14.3 Å². The largest absolute Gasteiger partial charge is 0.469 e. The molecule has 0 aromatic heterocycles. The van der Waals surface area contributed by atoms with Crippen LogP contribution in [-0.2, 0) is 14.3 Å². The van der Waals surface area contributed by atoms with E-state index in [1.54, 1.807) is 18.9 Å². The van der Waals surface area contributed by atoms with Gasteiger partial charge in [0.15, 0.2) is 0 Å². The van der Waals surface area contributed by atoms with Crippen LogP contribution in [0.15, 0.2) is 23.1 Å². The van der Waals surface area contributed by atoms with Crippen molar-refractivity contribution in [3.63, 3.8) is 0 Å². The zero-order valence-electron chi connectivity index (χ0n) is 13.3. The van der Waals surface area contributed by atoms with Crippen LogP contribution < -0.4 is 0 Å². The van der Waals surface area contributed by atoms with E-state index in [0.29, 0.717) is 12.3 Å². The molecule has 0 aliphatic carbocycles. The number of carbonyl (C=O) groups is 2. The fraction of sp³-hybridized carbons (Fsp3) is 0.500. The Kier molecular flexibility index (Phi) is 6.75. The summed E-state index contributed by atoms with van der Waals surface area (Å²) in [6.07, 6.45) is 0. The fourth-order valence-electron chi connectivity index (χ4n) is 1.90. The molecule has 0 N–H and O–H groups in total. The molecule has 1 amide bonds. The quantitative estimate of drug-likeness (QED) is 0.599. The molecule has 0 spiro atoms. The summed E-state index contributed by atoms with van der Waals surface area (Å²) >= 11 is 1.53. The first kappa shape index (κ1) is 17.6. The zero-order chi connectivity index (χ0) is 16.0. The molecule has 1 rings (SSSR count). The van der Waals surface area contributed by atoms with Gasteiger partial charge >= 0.3 is 5.97 Å². The Labute approximate surface area is 130 Å². The molecule has 21 heavy (non-hydrogen) atoms. The molecule has 5 heteroatoms. The number of esters is 1. The summed E-state index contributed by atoms with van der Waals surface area (Å²) in [4.78, 5) is 26.2. The van der Waals surface area contributed by atoms with Crippen molar-refractivity contribution in [2.24, 2.45) is 5.92 Å². The van der Waals surface area contributed by atoms with E-state index in [0.717, 1.165) is 4.90 Å². The standard InChI is InChI=1S/C16H23NO3S/c1-11-6-7-12(2)14(8-11)21-10-15(18)17(4)9-13(3)16(19)20-5/h6-8,13H,9-10H2,1-5H3. The Morgan fingerprint density at radius 1 is 1.33 bits per heavy atom. The second-order valence-electron chi connectivity index (χ2n) is 5.26. The fourth-order valence-corrected chi connectivity index (χ4v) is 2.97. The van der Waals surface area contributed by atoms with Crippen LogP contribution in [0.1, 0.15) is 18.1 Å². The van der Waals surface area contributed by atoms with Gasteiger partial charge in [0, 0.05) is 18.5 Å². The molecular weight excluding hydrogens is 286 g/mol. The molecule has 4 nitrogen and oxygen atoms in total. The van der Waals surface area contributed by atoms with Gasteiger partial charge in [-0.25, -0.2) is 0 Å². The van der Waals surface area contributed by atoms with E-state index in [2.05, 4.69) is 22.9 Å². The minimum Gasteiger partial charge on any atom is -0.469 e. The molecule has 1 aromatic rings. The normalized spacial score (nSPS) is 11.9. The summed E-state index contributed by atoms with van der Waals surface area (Å²) in [7, 11) is 3.07. The van der Waals surface area contributed by atoms with E-state index >= 15 is 0 Å². The van der Waals surface area contributed by atoms with Gasteiger partial charge in [-0.05, 0) is 25.5 Å². The number of nitrogens with zero attached hydrogens (tertiary/aromatic N) is 1. The highest BCUT2D eigenvalue weighted by molar-refractivity contribution is 8.00.